The molecular weight excluding hydrogens is 405 g/mol. The van der Waals surface area contributed by atoms with Crippen molar-refractivity contribution in [2.75, 3.05) is 20.2 Å². The van der Waals surface area contributed by atoms with Crippen molar-refractivity contribution >= 4 is 22.4 Å². The first-order valence-corrected chi connectivity index (χ1v) is 11.1. The van der Waals surface area contributed by atoms with E-state index in [-0.39, 0.29) is 11.7 Å². The average molecular weight is 436 g/mol. The van der Waals surface area contributed by atoms with Gasteiger partial charge in [-0.3, -0.25) is 4.79 Å². The predicted molar refractivity (Wildman–Crippen MR) is 126 cm³/mol. The Morgan fingerprint density at radius 2 is 1.84 bits per heavy atom. The third-order valence-electron chi connectivity index (χ3n) is 6.35. The highest BCUT2D eigenvalue weighted by Crippen LogP contribution is 2.40. The summed E-state index contributed by atoms with van der Waals surface area (Å²) in [6.45, 7) is 9.86. The average Bonchev–Trinajstić information content (AvgIpc) is 3.17. The molecule has 0 spiro atoms. The van der Waals surface area contributed by atoms with Crippen LogP contribution in [0.1, 0.15) is 38.3 Å². The van der Waals surface area contributed by atoms with E-state index in [1.807, 2.05) is 24.8 Å². The first-order chi connectivity index (χ1) is 15.3. The van der Waals surface area contributed by atoms with Crippen LogP contribution in [0.15, 0.2) is 47.1 Å². The second-order valence-corrected chi connectivity index (χ2v) is 9.13. The molecule has 0 N–H and O–H groups in total. The van der Waals surface area contributed by atoms with Crippen molar-refractivity contribution < 1.29 is 18.3 Å². The lowest BCUT2D eigenvalue weighted by Gasteiger charge is -2.34. The van der Waals surface area contributed by atoms with Gasteiger partial charge in [0.05, 0.1) is 13.4 Å². The number of ether oxygens (including phenoxy) is 1. The molecule has 5 heteroatoms. The molecule has 1 aliphatic heterocycles. The summed E-state index contributed by atoms with van der Waals surface area (Å²) in [5.41, 5.74) is 5.04. The molecule has 2 aromatic carbocycles. The number of allylic oxidation sites excluding steroid dienone is 1. The lowest BCUT2D eigenvalue weighted by Crippen LogP contribution is -2.41. The number of hydrogen-bond acceptors (Lipinski definition) is 3. The van der Waals surface area contributed by atoms with Gasteiger partial charge in [0.15, 0.2) is 0 Å². The van der Waals surface area contributed by atoms with E-state index in [9.17, 15) is 9.18 Å². The summed E-state index contributed by atoms with van der Waals surface area (Å²) in [5, 5.41) is 0.908. The molecule has 2 unspecified atom stereocenters. The first kappa shape index (κ1) is 22.1. The molecule has 2 heterocycles. The first-order valence-electron chi connectivity index (χ1n) is 11.1. The third-order valence-corrected chi connectivity index (χ3v) is 6.35. The van der Waals surface area contributed by atoms with Crippen LogP contribution < -0.4 is 4.74 Å². The molecule has 0 aliphatic carbocycles. The van der Waals surface area contributed by atoms with Crippen molar-refractivity contribution in [1.82, 2.24) is 4.90 Å². The third kappa shape index (κ3) is 4.16. The number of furan rings is 1. The number of nitrogens with zero attached hydrogens (tertiary/aromatic N) is 1. The van der Waals surface area contributed by atoms with Crippen LogP contribution in [0.3, 0.4) is 0 Å². The maximum atomic E-state index is 13.4. The van der Waals surface area contributed by atoms with Crippen LogP contribution in [0.4, 0.5) is 4.39 Å². The second-order valence-electron chi connectivity index (χ2n) is 9.13. The fraction of sp³-hybridized carbons (Fsp3) is 0.370. The van der Waals surface area contributed by atoms with Crippen LogP contribution in [-0.2, 0) is 4.79 Å². The molecule has 1 saturated heterocycles. The Labute approximate surface area is 188 Å². The van der Waals surface area contributed by atoms with Gasteiger partial charge in [-0.1, -0.05) is 26.0 Å². The predicted octanol–water partition coefficient (Wildman–Crippen LogP) is 6.46. The van der Waals surface area contributed by atoms with Gasteiger partial charge in [-0.25, -0.2) is 4.39 Å². The number of methoxy groups -OCH3 is 1. The molecule has 0 bridgehead atoms. The van der Waals surface area contributed by atoms with Crippen LogP contribution >= 0.6 is 0 Å². The zero-order valence-corrected chi connectivity index (χ0v) is 19.4. The van der Waals surface area contributed by atoms with Crippen molar-refractivity contribution in [3.8, 4) is 16.9 Å². The monoisotopic (exact) mass is 435 g/mol. The number of amides is 1. The quantitative estimate of drug-likeness (QED) is 0.442. The van der Waals surface area contributed by atoms with Crippen LogP contribution in [0.25, 0.3) is 27.7 Å². The van der Waals surface area contributed by atoms with Gasteiger partial charge in [0.1, 0.15) is 17.1 Å². The fourth-order valence-corrected chi connectivity index (χ4v) is 4.92. The minimum absolute atomic E-state index is 0.0339. The van der Waals surface area contributed by atoms with Gasteiger partial charge in [0.2, 0.25) is 5.91 Å². The number of fused-ring (bicyclic) bond motifs is 1. The van der Waals surface area contributed by atoms with E-state index >= 15 is 0 Å². The Bertz CT molecular complexity index is 1170. The summed E-state index contributed by atoms with van der Waals surface area (Å²) in [4.78, 5) is 15.0. The number of rotatable bonds is 4. The Morgan fingerprint density at radius 3 is 2.47 bits per heavy atom. The number of halogens is 1. The van der Waals surface area contributed by atoms with E-state index in [0.29, 0.717) is 17.6 Å². The molecule has 1 aromatic heterocycles. The van der Waals surface area contributed by atoms with Gasteiger partial charge in [0, 0.05) is 41.2 Å². The van der Waals surface area contributed by atoms with Gasteiger partial charge >= 0.3 is 0 Å². The maximum absolute atomic E-state index is 13.4. The summed E-state index contributed by atoms with van der Waals surface area (Å²) >= 11 is 0. The summed E-state index contributed by atoms with van der Waals surface area (Å²) in [7, 11) is 1.63. The molecular formula is C27H30FNO3. The highest BCUT2D eigenvalue weighted by molar-refractivity contribution is 6.01. The van der Waals surface area contributed by atoms with Crippen LogP contribution in [0.2, 0.25) is 0 Å². The Kier molecular flexibility index (Phi) is 6.09. The maximum Gasteiger partial charge on any atom is 0.246 e. The van der Waals surface area contributed by atoms with Crippen molar-refractivity contribution in [3.05, 3.63) is 59.6 Å². The standard InChI is InChI=1S/C27H30FNO3/c1-16-10-17(2)14-29(13-16)25(30)11-18(3)22-12-23-24(20-6-8-21(28)9-7-20)15-32-27(23)19(4)26(22)31-5/h6-9,11-12,15-17H,10,13-14H2,1-5H3/b18-11+. The van der Waals surface area contributed by atoms with E-state index < -0.39 is 0 Å². The van der Waals surface area contributed by atoms with Crippen molar-refractivity contribution in [2.45, 2.75) is 34.1 Å². The molecule has 4 nitrogen and oxygen atoms in total. The number of likely N-dealkylation sites (tertiary alicyclic amines) is 1. The number of aryl methyl sites for hydroxylation is 1. The minimum Gasteiger partial charge on any atom is -0.496 e. The molecule has 1 aliphatic rings. The van der Waals surface area contributed by atoms with Gasteiger partial charge in [-0.15, -0.1) is 0 Å². The van der Waals surface area contributed by atoms with Crippen molar-refractivity contribution in [1.29, 1.82) is 0 Å². The summed E-state index contributed by atoms with van der Waals surface area (Å²) in [5.74, 6) is 1.47. The molecule has 4 rings (SSSR count). The molecule has 1 fully saturated rings. The fourth-order valence-electron chi connectivity index (χ4n) is 4.92. The molecule has 1 amide bonds. The largest absolute Gasteiger partial charge is 0.496 e. The van der Waals surface area contributed by atoms with Crippen LogP contribution in [-0.4, -0.2) is 31.0 Å². The van der Waals surface area contributed by atoms with Crippen molar-refractivity contribution in [2.24, 2.45) is 11.8 Å². The zero-order valence-electron chi connectivity index (χ0n) is 19.4. The lowest BCUT2D eigenvalue weighted by atomic mass is 9.91. The van der Waals surface area contributed by atoms with Gasteiger partial charge in [-0.2, -0.15) is 0 Å². The molecule has 0 saturated carbocycles. The Morgan fingerprint density at radius 1 is 1.19 bits per heavy atom. The number of benzene rings is 2. The molecule has 32 heavy (non-hydrogen) atoms. The topological polar surface area (TPSA) is 42.7 Å². The van der Waals surface area contributed by atoms with Gasteiger partial charge in [0.25, 0.3) is 0 Å². The normalized spacial score (nSPS) is 19.4. The summed E-state index contributed by atoms with van der Waals surface area (Å²) in [6, 6.07) is 8.36. The van der Waals surface area contributed by atoms with Gasteiger partial charge in [-0.05, 0) is 61.4 Å². The molecule has 2 atom stereocenters. The SMILES string of the molecule is COc1c(/C(C)=C/C(=O)N2CC(C)CC(C)C2)cc2c(-c3ccc(F)cc3)coc2c1C. The van der Waals surface area contributed by atoms with Crippen molar-refractivity contribution in [3.63, 3.8) is 0 Å². The Balaban J connectivity index is 1.77. The van der Waals surface area contributed by atoms with E-state index in [1.165, 1.54) is 12.1 Å². The second kappa shape index (κ2) is 8.81. The number of hydrogen-bond donors (Lipinski definition) is 0. The minimum atomic E-state index is -0.279. The summed E-state index contributed by atoms with van der Waals surface area (Å²) in [6.07, 6.45) is 4.56. The molecule has 0 radical (unpaired) electrons. The van der Waals surface area contributed by atoms with Crippen LogP contribution in [0, 0.1) is 24.6 Å². The van der Waals surface area contributed by atoms with E-state index in [2.05, 4.69) is 13.8 Å². The van der Waals surface area contributed by atoms with E-state index in [0.717, 1.165) is 58.3 Å². The molecule has 3 aromatic rings. The zero-order chi connectivity index (χ0) is 23.0. The highest BCUT2D eigenvalue weighted by Gasteiger charge is 2.25. The van der Waals surface area contributed by atoms with E-state index in [1.54, 1.807) is 31.6 Å². The smallest absolute Gasteiger partial charge is 0.246 e. The number of carbonyl (C=O) groups excluding carboxylic acids is 1. The lowest BCUT2D eigenvalue weighted by molar-refractivity contribution is -0.128. The highest BCUT2D eigenvalue weighted by atomic mass is 19.1. The Hall–Kier alpha value is -3.08. The number of piperidine rings is 1. The van der Waals surface area contributed by atoms with Gasteiger partial charge < -0.3 is 14.1 Å². The van der Waals surface area contributed by atoms with Crippen LogP contribution in [0.5, 0.6) is 5.75 Å². The molecule has 168 valence electrons. The number of carbonyl (C=O) groups is 1. The summed E-state index contributed by atoms with van der Waals surface area (Å²) < 4.78 is 25.0. The van der Waals surface area contributed by atoms with E-state index in [4.69, 9.17) is 9.15 Å².